The molecule has 2 rings (SSSR count). The summed E-state index contributed by atoms with van der Waals surface area (Å²) in [6.07, 6.45) is 2.29. The van der Waals surface area contributed by atoms with E-state index in [0.717, 1.165) is 23.9 Å². The van der Waals surface area contributed by atoms with E-state index >= 15 is 0 Å². The summed E-state index contributed by atoms with van der Waals surface area (Å²) in [7, 11) is -3.18. The lowest BCUT2D eigenvalue weighted by atomic mass is 9.94. The molecule has 0 spiro atoms. The second-order valence-electron chi connectivity index (χ2n) is 5.95. The third-order valence-corrected chi connectivity index (χ3v) is 7.20. The van der Waals surface area contributed by atoms with E-state index in [0.29, 0.717) is 0 Å². The Morgan fingerprint density at radius 2 is 1.95 bits per heavy atom. The molecule has 3 nitrogen and oxygen atoms in total. The van der Waals surface area contributed by atoms with E-state index in [1.807, 2.05) is 26.0 Å². The maximum atomic E-state index is 12.3. The minimum Gasteiger partial charge on any atom is -0.309 e. The molecule has 5 heteroatoms. The van der Waals surface area contributed by atoms with Crippen LogP contribution in [0.25, 0.3) is 10.1 Å². The lowest BCUT2D eigenvalue weighted by Gasteiger charge is -2.33. The summed E-state index contributed by atoms with van der Waals surface area (Å²) in [5.41, 5.74) is 1.08. The smallest absolute Gasteiger partial charge is 0.154 e. The number of sulfone groups is 1. The van der Waals surface area contributed by atoms with Crippen LogP contribution in [0.1, 0.15) is 38.8 Å². The van der Waals surface area contributed by atoms with E-state index in [4.69, 9.17) is 0 Å². The fraction of sp³-hybridized carbons (Fsp3) is 0.500. The Morgan fingerprint density at radius 1 is 1.29 bits per heavy atom. The summed E-state index contributed by atoms with van der Waals surface area (Å²) in [5, 5.41) is 6.67. The van der Waals surface area contributed by atoms with Crippen LogP contribution in [0.3, 0.4) is 0 Å². The van der Waals surface area contributed by atoms with Gasteiger partial charge in [0.2, 0.25) is 0 Å². The van der Waals surface area contributed by atoms with Crippen molar-refractivity contribution in [1.29, 1.82) is 0 Å². The van der Waals surface area contributed by atoms with Gasteiger partial charge in [-0.25, -0.2) is 8.42 Å². The molecule has 1 unspecified atom stereocenters. The molecule has 0 saturated carbocycles. The van der Waals surface area contributed by atoms with Crippen LogP contribution >= 0.6 is 11.3 Å². The number of benzene rings is 1. The fourth-order valence-corrected chi connectivity index (χ4v) is 4.08. The highest BCUT2D eigenvalue weighted by atomic mass is 32.2. The minimum absolute atomic E-state index is 0.205. The Hall–Kier alpha value is -0.910. The molecule has 0 radical (unpaired) electrons. The summed E-state index contributed by atoms with van der Waals surface area (Å²) in [5.74, 6) is 0. The highest BCUT2D eigenvalue weighted by molar-refractivity contribution is 7.92. The lowest BCUT2D eigenvalue weighted by molar-refractivity contribution is 0.423. The normalized spacial score (nSPS) is 14.5. The number of hydrogen-bond acceptors (Lipinski definition) is 4. The van der Waals surface area contributed by atoms with Gasteiger partial charge < -0.3 is 5.32 Å². The van der Waals surface area contributed by atoms with Gasteiger partial charge >= 0.3 is 0 Å². The van der Waals surface area contributed by atoms with Crippen LogP contribution in [0.5, 0.6) is 0 Å². The molecule has 0 aliphatic heterocycles. The molecule has 0 bridgehead atoms. The van der Waals surface area contributed by atoms with Gasteiger partial charge in [-0.2, -0.15) is 0 Å². The van der Waals surface area contributed by atoms with Gasteiger partial charge in [0, 0.05) is 11.0 Å². The van der Waals surface area contributed by atoms with Crippen LogP contribution < -0.4 is 5.32 Å². The predicted molar refractivity (Wildman–Crippen MR) is 91.8 cm³/mol. The SMILES string of the molecule is CCCNC(c1csc2ccccc12)C(C)(C)S(C)(=O)=O. The van der Waals surface area contributed by atoms with Gasteiger partial charge in [-0.15, -0.1) is 11.3 Å². The van der Waals surface area contributed by atoms with Gasteiger partial charge in [0.05, 0.1) is 10.8 Å². The Balaban J connectivity index is 2.55. The molecule has 1 aromatic heterocycles. The first-order chi connectivity index (χ1) is 9.79. The summed E-state index contributed by atoms with van der Waals surface area (Å²) in [4.78, 5) is 0. The van der Waals surface area contributed by atoms with Crippen molar-refractivity contribution in [1.82, 2.24) is 5.32 Å². The molecule has 1 aromatic carbocycles. The van der Waals surface area contributed by atoms with Gasteiger partial charge in [0.1, 0.15) is 0 Å². The van der Waals surface area contributed by atoms with E-state index in [1.165, 1.54) is 11.0 Å². The third-order valence-electron chi connectivity index (χ3n) is 4.07. The summed E-state index contributed by atoms with van der Waals surface area (Å²) in [6.45, 7) is 6.50. The van der Waals surface area contributed by atoms with Crippen molar-refractivity contribution in [3.63, 3.8) is 0 Å². The van der Waals surface area contributed by atoms with E-state index in [9.17, 15) is 8.42 Å². The highest BCUT2D eigenvalue weighted by Gasteiger charge is 2.40. The Bertz CT molecular complexity index is 717. The highest BCUT2D eigenvalue weighted by Crippen LogP contribution is 2.38. The van der Waals surface area contributed by atoms with Crippen molar-refractivity contribution in [3.05, 3.63) is 35.2 Å². The van der Waals surface area contributed by atoms with E-state index in [-0.39, 0.29) is 6.04 Å². The van der Waals surface area contributed by atoms with Crippen molar-refractivity contribution >= 4 is 31.3 Å². The van der Waals surface area contributed by atoms with Crippen LogP contribution in [-0.2, 0) is 9.84 Å². The molecule has 2 aromatic rings. The first-order valence-electron chi connectivity index (χ1n) is 7.18. The molecule has 21 heavy (non-hydrogen) atoms. The van der Waals surface area contributed by atoms with Crippen LogP contribution in [0, 0.1) is 0 Å². The van der Waals surface area contributed by atoms with Crippen LogP contribution in [-0.4, -0.2) is 26.0 Å². The second kappa shape index (κ2) is 6.07. The van der Waals surface area contributed by atoms with Crippen molar-refractivity contribution in [2.45, 2.75) is 38.0 Å². The van der Waals surface area contributed by atoms with Crippen LogP contribution in [0.2, 0.25) is 0 Å². The summed E-state index contributed by atoms with van der Waals surface area (Å²) in [6, 6.07) is 7.96. The number of fused-ring (bicyclic) bond motifs is 1. The van der Waals surface area contributed by atoms with Crippen molar-refractivity contribution in [2.24, 2.45) is 0 Å². The fourth-order valence-electron chi connectivity index (χ4n) is 2.45. The van der Waals surface area contributed by atoms with E-state index in [2.05, 4.69) is 29.8 Å². The Labute approximate surface area is 131 Å². The molecule has 0 aliphatic rings. The molecule has 0 aliphatic carbocycles. The quantitative estimate of drug-likeness (QED) is 0.879. The zero-order valence-electron chi connectivity index (χ0n) is 13.0. The third kappa shape index (κ3) is 3.15. The Kier molecular flexibility index (Phi) is 4.76. The second-order valence-corrected chi connectivity index (χ2v) is 9.46. The average Bonchev–Trinajstić information content (AvgIpc) is 2.82. The number of rotatable bonds is 6. The molecule has 116 valence electrons. The Morgan fingerprint density at radius 3 is 2.57 bits per heavy atom. The standard InChI is InChI=1S/C16H23NO2S2/c1-5-10-17-15(16(2,3)21(4,18)19)13-11-20-14-9-7-6-8-12(13)14/h6-9,11,15,17H,5,10H2,1-4H3. The molecule has 1 heterocycles. The van der Waals surface area contributed by atoms with Gasteiger partial charge in [-0.05, 0) is 49.2 Å². The lowest BCUT2D eigenvalue weighted by Crippen LogP contribution is -2.45. The summed E-state index contributed by atoms with van der Waals surface area (Å²) >= 11 is 1.67. The predicted octanol–water partition coefficient (Wildman–Crippen LogP) is 3.77. The molecule has 0 saturated heterocycles. The first-order valence-corrected chi connectivity index (χ1v) is 9.95. The average molecular weight is 325 g/mol. The number of nitrogens with one attached hydrogen (secondary N) is 1. The topological polar surface area (TPSA) is 46.2 Å². The molecule has 1 N–H and O–H groups in total. The van der Waals surface area contributed by atoms with Crippen LogP contribution in [0.15, 0.2) is 29.6 Å². The van der Waals surface area contributed by atoms with E-state index in [1.54, 1.807) is 11.3 Å². The zero-order valence-corrected chi connectivity index (χ0v) is 14.6. The number of hydrogen-bond donors (Lipinski definition) is 1. The van der Waals surface area contributed by atoms with Gasteiger partial charge in [0.15, 0.2) is 9.84 Å². The van der Waals surface area contributed by atoms with Gasteiger partial charge in [0.25, 0.3) is 0 Å². The zero-order chi connectivity index (χ0) is 15.7. The molecular weight excluding hydrogens is 302 g/mol. The minimum atomic E-state index is -3.18. The van der Waals surface area contributed by atoms with Crippen molar-refractivity contribution in [3.8, 4) is 0 Å². The summed E-state index contributed by atoms with van der Waals surface area (Å²) < 4.78 is 24.8. The molecule has 1 atom stereocenters. The van der Waals surface area contributed by atoms with Crippen LogP contribution in [0.4, 0.5) is 0 Å². The van der Waals surface area contributed by atoms with Gasteiger partial charge in [-0.1, -0.05) is 25.1 Å². The largest absolute Gasteiger partial charge is 0.309 e. The molecular formula is C16H23NO2S2. The maximum absolute atomic E-state index is 12.3. The molecule has 0 fully saturated rings. The maximum Gasteiger partial charge on any atom is 0.154 e. The van der Waals surface area contributed by atoms with Crippen molar-refractivity contribution in [2.75, 3.05) is 12.8 Å². The van der Waals surface area contributed by atoms with E-state index < -0.39 is 14.6 Å². The van der Waals surface area contributed by atoms with Crippen molar-refractivity contribution < 1.29 is 8.42 Å². The number of thiophene rings is 1. The monoisotopic (exact) mass is 325 g/mol. The first kappa shape index (κ1) is 16.5. The van der Waals surface area contributed by atoms with Gasteiger partial charge in [-0.3, -0.25) is 0 Å². The molecule has 0 amide bonds.